The maximum atomic E-state index is 10.1. The van der Waals surface area contributed by atoms with E-state index in [0.29, 0.717) is 0 Å². The summed E-state index contributed by atoms with van der Waals surface area (Å²) in [6.45, 7) is 0. The highest BCUT2D eigenvalue weighted by molar-refractivity contribution is 5.81. The Kier molecular flexibility index (Phi) is 2.69. The van der Waals surface area contributed by atoms with E-state index in [9.17, 15) is 9.59 Å². The topological polar surface area (TPSA) is 150 Å². The van der Waals surface area contributed by atoms with Gasteiger partial charge in [-0.1, -0.05) is 0 Å². The fourth-order valence-electron chi connectivity index (χ4n) is 0.521. The monoisotopic (exact) mass is 200 g/mol. The molecule has 0 aliphatic rings. The number of carboxylic acid groups (broad SMARTS) is 2. The number of carbonyl (C=O) groups is 2. The van der Waals surface area contributed by atoms with Gasteiger partial charge in [0.2, 0.25) is 0 Å². The number of nitrogens with zero attached hydrogens (tertiary/aromatic N) is 4. The van der Waals surface area contributed by atoms with Crippen LogP contribution in [-0.4, -0.2) is 42.8 Å². The summed E-state index contributed by atoms with van der Waals surface area (Å²) >= 11 is 0. The summed E-state index contributed by atoms with van der Waals surface area (Å²) in [7, 11) is 0. The van der Waals surface area contributed by atoms with E-state index in [1.54, 1.807) is 10.6 Å². The minimum Gasteiger partial charge on any atom is -0.465 e. The van der Waals surface area contributed by atoms with E-state index in [-0.39, 0.29) is 11.9 Å². The van der Waals surface area contributed by atoms with Gasteiger partial charge in [-0.2, -0.15) is 0 Å². The smallest absolute Gasteiger partial charge is 0.411 e. The normalized spacial score (nSPS) is 9.14. The molecule has 0 aliphatic heterocycles. The highest BCUT2D eigenvalue weighted by atomic mass is 16.4. The lowest BCUT2D eigenvalue weighted by Crippen LogP contribution is -2.15. The Morgan fingerprint density at radius 1 is 0.857 bits per heavy atom. The highest BCUT2D eigenvalue weighted by Gasteiger charge is 2.05. The lowest BCUT2D eigenvalue weighted by molar-refractivity contribution is 0.208. The van der Waals surface area contributed by atoms with E-state index < -0.39 is 12.2 Å². The molecule has 0 fully saturated rings. The first-order valence-corrected chi connectivity index (χ1v) is 3.15. The van der Waals surface area contributed by atoms with Crippen LogP contribution in [0.25, 0.3) is 0 Å². The Morgan fingerprint density at radius 2 is 1.14 bits per heavy atom. The molecule has 0 unspecified atom stereocenters. The first kappa shape index (κ1) is 9.57. The summed E-state index contributed by atoms with van der Waals surface area (Å²) in [5, 5.41) is 32.9. The minimum atomic E-state index is -1.37. The Morgan fingerprint density at radius 3 is 1.36 bits per heavy atom. The Bertz CT molecular complexity index is 314. The molecule has 2 amide bonds. The van der Waals surface area contributed by atoms with Gasteiger partial charge in [0, 0.05) is 0 Å². The van der Waals surface area contributed by atoms with Gasteiger partial charge in [-0.05, 0) is 0 Å². The van der Waals surface area contributed by atoms with Crippen molar-refractivity contribution in [3.8, 4) is 0 Å². The number of amides is 2. The number of hydrogen-bond acceptors (Lipinski definition) is 6. The van der Waals surface area contributed by atoms with Crippen molar-refractivity contribution in [2.75, 3.05) is 10.6 Å². The summed E-state index contributed by atoms with van der Waals surface area (Å²) < 4.78 is 0. The van der Waals surface area contributed by atoms with E-state index in [4.69, 9.17) is 10.2 Å². The van der Waals surface area contributed by atoms with Crippen LogP contribution in [0.4, 0.5) is 21.5 Å². The summed E-state index contributed by atoms with van der Waals surface area (Å²) in [6, 6.07) is 0. The van der Waals surface area contributed by atoms with Crippen LogP contribution in [0.5, 0.6) is 0 Å². The van der Waals surface area contributed by atoms with Crippen molar-refractivity contribution >= 4 is 24.1 Å². The molecule has 0 aromatic carbocycles. The number of anilines is 2. The lowest BCUT2D eigenvalue weighted by Gasteiger charge is -1.97. The number of nitrogens with one attached hydrogen (secondary N) is 2. The molecule has 1 aromatic rings. The zero-order valence-electron chi connectivity index (χ0n) is 6.50. The molecule has 0 radical (unpaired) electrons. The molecular weight excluding hydrogens is 196 g/mol. The van der Waals surface area contributed by atoms with Crippen LogP contribution in [0.1, 0.15) is 0 Å². The third kappa shape index (κ3) is 2.84. The van der Waals surface area contributed by atoms with Crippen LogP contribution in [-0.2, 0) is 0 Å². The molecular formula is C4H4N6O4. The first-order chi connectivity index (χ1) is 6.58. The molecule has 4 N–H and O–H groups in total. The molecule has 1 heterocycles. The molecule has 0 atom stereocenters. The van der Waals surface area contributed by atoms with Gasteiger partial charge in [0.1, 0.15) is 0 Å². The van der Waals surface area contributed by atoms with Crippen LogP contribution < -0.4 is 10.6 Å². The lowest BCUT2D eigenvalue weighted by atomic mass is 10.9. The van der Waals surface area contributed by atoms with Gasteiger partial charge in [-0.25, -0.2) is 9.59 Å². The molecule has 1 aromatic heterocycles. The molecule has 0 aliphatic carbocycles. The second kappa shape index (κ2) is 3.93. The van der Waals surface area contributed by atoms with Gasteiger partial charge in [0.25, 0.3) is 11.9 Å². The zero-order chi connectivity index (χ0) is 10.6. The molecule has 0 saturated heterocycles. The Labute approximate surface area is 76.0 Å². The van der Waals surface area contributed by atoms with Crippen LogP contribution in [0.2, 0.25) is 0 Å². The summed E-state index contributed by atoms with van der Waals surface area (Å²) in [4.78, 5) is 20.1. The number of aromatic nitrogens is 4. The predicted octanol–water partition coefficient (Wildman–Crippen LogP) is -0.554. The fraction of sp³-hybridized carbons (Fsp3) is 0. The average molecular weight is 200 g/mol. The van der Waals surface area contributed by atoms with Crippen molar-refractivity contribution in [3.05, 3.63) is 0 Å². The first-order valence-electron chi connectivity index (χ1n) is 3.15. The molecule has 10 nitrogen and oxygen atoms in total. The van der Waals surface area contributed by atoms with Crippen molar-refractivity contribution in [1.82, 2.24) is 20.4 Å². The standard InChI is InChI=1S/C4H4N6O4/c11-3(12)5-1-7-9-2(10-8-1)6-4(13)14/h(H,11,12)(H,13,14)(H,5,7,8)(H,6,9,10). The molecule has 1 rings (SSSR count). The van der Waals surface area contributed by atoms with Gasteiger partial charge in [-0.15, -0.1) is 20.4 Å². The average Bonchev–Trinajstić information content (AvgIpc) is 2.06. The third-order valence-electron chi connectivity index (χ3n) is 0.916. The summed E-state index contributed by atoms with van der Waals surface area (Å²) in [5.74, 6) is -0.679. The van der Waals surface area contributed by atoms with Crippen LogP contribution >= 0.6 is 0 Å². The van der Waals surface area contributed by atoms with Gasteiger partial charge < -0.3 is 10.2 Å². The molecule has 0 bridgehead atoms. The zero-order valence-corrected chi connectivity index (χ0v) is 6.50. The quantitative estimate of drug-likeness (QED) is 0.496. The van der Waals surface area contributed by atoms with E-state index >= 15 is 0 Å². The SMILES string of the molecule is O=C(O)Nc1nnc(NC(=O)O)nn1. The van der Waals surface area contributed by atoms with E-state index in [2.05, 4.69) is 20.4 Å². The second-order valence-corrected chi connectivity index (χ2v) is 1.91. The highest BCUT2D eigenvalue weighted by Crippen LogP contribution is 1.95. The van der Waals surface area contributed by atoms with Crippen LogP contribution in [0.3, 0.4) is 0 Å². The maximum Gasteiger partial charge on any atom is 0.411 e. The Balaban J connectivity index is 2.68. The van der Waals surface area contributed by atoms with Crippen molar-refractivity contribution in [3.63, 3.8) is 0 Å². The number of hydrogen-bond donors (Lipinski definition) is 4. The maximum absolute atomic E-state index is 10.1. The van der Waals surface area contributed by atoms with Gasteiger partial charge in [-0.3, -0.25) is 10.6 Å². The largest absolute Gasteiger partial charge is 0.465 e. The van der Waals surface area contributed by atoms with Gasteiger partial charge in [0.15, 0.2) is 0 Å². The van der Waals surface area contributed by atoms with Crippen molar-refractivity contribution < 1.29 is 19.8 Å². The fourth-order valence-corrected chi connectivity index (χ4v) is 0.521. The van der Waals surface area contributed by atoms with Gasteiger partial charge in [0.05, 0.1) is 0 Å². The second-order valence-electron chi connectivity index (χ2n) is 1.91. The third-order valence-corrected chi connectivity index (χ3v) is 0.916. The van der Waals surface area contributed by atoms with Crippen LogP contribution in [0.15, 0.2) is 0 Å². The summed E-state index contributed by atoms with van der Waals surface area (Å²) in [6.07, 6.45) is -2.74. The van der Waals surface area contributed by atoms with Crippen LogP contribution in [0, 0.1) is 0 Å². The molecule has 74 valence electrons. The molecule has 14 heavy (non-hydrogen) atoms. The summed E-state index contributed by atoms with van der Waals surface area (Å²) in [5.41, 5.74) is 0. The van der Waals surface area contributed by atoms with Crippen molar-refractivity contribution in [2.45, 2.75) is 0 Å². The minimum absolute atomic E-state index is 0.339. The van der Waals surface area contributed by atoms with E-state index in [1.807, 2.05) is 0 Å². The van der Waals surface area contributed by atoms with E-state index in [0.717, 1.165) is 0 Å². The van der Waals surface area contributed by atoms with Gasteiger partial charge >= 0.3 is 12.2 Å². The molecule has 10 heteroatoms. The van der Waals surface area contributed by atoms with Crippen molar-refractivity contribution in [2.24, 2.45) is 0 Å². The predicted molar refractivity (Wildman–Crippen MR) is 40.9 cm³/mol. The Hall–Kier alpha value is -2.52. The molecule has 0 saturated carbocycles. The molecule has 0 spiro atoms. The number of rotatable bonds is 2. The van der Waals surface area contributed by atoms with E-state index in [1.165, 1.54) is 0 Å². The van der Waals surface area contributed by atoms with Crippen molar-refractivity contribution in [1.29, 1.82) is 0 Å².